The van der Waals surface area contributed by atoms with E-state index in [0.717, 1.165) is 51.1 Å². The number of fused-ring (bicyclic) bond motifs is 1. The van der Waals surface area contributed by atoms with Gasteiger partial charge in [0.1, 0.15) is 6.04 Å². The van der Waals surface area contributed by atoms with E-state index in [0.29, 0.717) is 11.3 Å². The molecule has 7 rings (SSSR count). The van der Waals surface area contributed by atoms with Crippen molar-refractivity contribution in [3.05, 3.63) is 63.7 Å². The van der Waals surface area contributed by atoms with Gasteiger partial charge in [-0.25, -0.2) is 8.42 Å². The van der Waals surface area contributed by atoms with Crippen molar-refractivity contribution in [2.24, 2.45) is 23.2 Å². The molecule has 4 saturated carbocycles. The molecule has 1 N–H and O–H groups in total. The van der Waals surface area contributed by atoms with Gasteiger partial charge in [0.2, 0.25) is 15.9 Å². The fourth-order valence-corrected chi connectivity index (χ4v) is 11.0. The van der Waals surface area contributed by atoms with Crippen LogP contribution in [0.5, 0.6) is 0 Å². The van der Waals surface area contributed by atoms with Gasteiger partial charge in [0, 0.05) is 12.6 Å². The standard InChI is InChI=1S/C32H42N2O3S/c1-19-10-20(2)22(4)30(21(19)3)38(36,37)34-18-28-9-7-6-8-27(28)14-29(34)31(35)33-23(5)32-15-24-11-25(16-32)13-26(12-24)17-32/h6-10,23-26,29H,11-18H2,1-5H3,(H,33,35)/t23-,24?,25?,26?,29+,32?/m1/s1. The number of carbonyl (C=O) groups is 1. The second-order valence-electron chi connectivity index (χ2n) is 13.1. The largest absolute Gasteiger partial charge is 0.352 e. The molecular formula is C32H42N2O3S. The van der Waals surface area contributed by atoms with E-state index >= 15 is 0 Å². The fourth-order valence-electron chi connectivity index (χ4n) is 8.83. The van der Waals surface area contributed by atoms with Crippen LogP contribution in [-0.2, 0) is 27.8 Å². The molecule has 0 saturated heterocycles. The highest BCUT2D eigenvalue weighted by Gasteiger charge is 2.54. The molecule has 1 amide bonds. The summed E-state index contributed by atoms with van der Waals surface area (Å²) in [5, 5.41) is 3.40. The van der Waals surface area contributed by atoms with Crippen molar-refractivity contribution >= 4 is 15.9 Å². The van der Waals surface area contributed by atoms with Crippen LogP contribution in [-0.4, -0.2) is 30.7 Å². The molecule has 4 aliphatic carbocycles. The Balaban J connectivity index is 1.34. The van der Waals surface area contributed by atoms with Crippen molar-refractivity contribution in [3.63, 3.8) is 0 Å². The molecular weight excluding hydrogens is 492 g/mol. The number of rotatable bonds is 5. The van der Waals surface area contributed by atoms with E-state index < -0.39 is 16.1 Å². The lowest BCUT2D eigenvalue weighted by Gasteiger charge is -2.59. The Morgan fingerprint density at radius 3 is 2.00 bits per heavy atom. The lowest BCUT2D eigenvalue weighted by Crippen LogP contribution is -2.59. The second kappa shape index (κ2) is 9.19. The quantitative estimate of drug-likeness (QED) is 0.531. The number of carbonyl (C=O) groups excluding carboxylic acids is 1. The smallest absolute Gasteiger partial charge is 0.244 e. The van der Waals surface area contributed by atoms with Gasteiger partial charge in [-0.05, 0) is 136 Å². The molecule has 5 nitrogen and oxygen atoms in total. The number of nitrogens with zero attached hydrogens (tertiary/aromatic N) is 1. The molecule has 38 heavy (non-hydrogen) atoms. The third-order valence-corrected chi connectivity index (χ3v) is 12.9. The van der Waals surface area contributed by atoms with E-state index in [1.807, 2.05) is 58.0 Å². The Kier molecular flexibility index (Phi) is 6.31. The van der Waals surface area contributed by atoms with Crippen LogP contribution < -0.4 is 5.32 Å². The third-order valence-electron chi connectivity index (χ3n) is 10.7. The first kappa shape index (κ1) is 26.1. The van der Waals surface area contributed by atoms with Crippen LogP contribution in [0.15, 0.2) is 35.2 Å². The second-order valence-corrected chi connectivity index (χ2v) is 15.0. The van der Waals surface area contributed by atoms with Crippen LogP contribution in [0.25, 0.3) is 0 Å². The topological polar surface area (TPSA) is 66.5 Å². The van der Waals surface area contributed by atoms with Crippen LogP contribution in [0.3, 0.4) is 0 Å². The number of hydrogen-bond donors (Lipinski definition) is 1. The van der Waals surface area contributed by atoms with E-state index in [4.69, 9.17) is 0 Å². The molecule has 2 aromatic rings. The molecule has 204 valence electrons. The van der Waals surface area contributed by atoms with Crippen molar-refractivity contribution in [1.29, 1.82) is 0 Å². The van der Waals surface area contributed by atoms with Crippen LogP contribution in [0.1, 0.15) is 78.8 Å². The summed E-state index contributed by atoms with van der Waals surface area (Å²) in [6.07, 6.45) is 8.10. The highest BCUT2D eigenvalue weighted by Crippen LogP contribution is 2.61. The summed E-state index contributed by atoms with van der Waals surface area (Å²) in [6.45, 7) is 10.1. The molecule has 1 heterocycles. The Labute approximate surface area is 228 Å². The number of sulfonamides is 1. The zero-order valence-electron chi connectivity index (χ0n) is 23.5. The maximum atomic E-state index is 14.4. The van der Waals surface area contributed by atoms with Gasteiger partial charge in [0.05, 0.1) is 4.90 Å². The van der Waals surface area contributed by atoms with Gasteiger partial charge in [0.15, 0.2) is 0 Å². The molecule has 1 aliphatic heterocycles. The lowest BCUT2D eigenvalue weighted by molar-refractivity contribution is -0.130. The van der Waals surface area contributed by atoms with Crippen LogP contribution in [0.4, 0.5) is 0 Å². The molecule has 0 radical (unpaired) electrons. The molecule has 5 aliphatic rings. The molecule has 0 spiro atoms. The first-order valence-electron chi connectivity index (χ1n) is 14.4. The Bertz CT molecular complexity index is 1330. The first-order valence-corrected chi connectivity index (χ1v) is 15.9. The monoisotopic (exact) mass is 534 g/mol. The minimum atomic E-state index is -3.91. The molecule has 0 unspecified atom stereocenters. The molecule has 6 heteroatoms. The fraction of sp³-hybridized carbons (Fsp3) is 0.594. The number of aryl methyl sites for hydroxylation is 2. The van der Waals surface area contributed by atoms with Gasteiger partial charge in [0.25, 0.3) is 0 Å². The van der Waals surface area contributed by atoms with Gasteiger partial charge >= 0.3 is 0 Å². The summed E-state index contributed by atoms with van der Waals surface area (Å²) < 4.78 is 30.3. The van der Waals surface area contributed by atoms with E-state index in [9.17, 15) is 13.2 Å². The summed E-state index contributed by atoms with van der Waals surface area (Å²) in [5.41, 5.74) is 5.67. The Morgan fingerprint density at radius 2 is 1.45 bits per heavy atom. The van der Waals surface area contributed by atoms with Crippen LogP contribution in [0, 0.1) is 50.9 Å². The predicted molar refractivity (Wildman–Crippen MR) is 150 cm³/mol. The van der Waals surface area contributed by atoms with Crippen LogP contribution in [0.2, 0.25) is 0 Å². The summed E-state index contributed by atoms with van der Waals surface area (Å²) >= 11 is 0. The van der Waals surface area contributed by atoms with Gasteiger partial charge in [-0.1, -0.05) is 30.3 Å². The lowest BCUT2D eigenvalue weighted by atomic mass is 9.48. The van der Waals surface area contributed by atoms with E-state index in [1.54, 1.807) is 0 Å². The summed E-state index contributed by atoms with van der Waals surface area (Å²) in [4.78, 5) is 14.4. The highest BCUT2D eigenvalue weighted by atomic mass is 32.2. The SMILES string of the molecule is Cc1cc(C)c(C)c(S(=O)(=O)N2Cc3ccccc3C[C@H]2C(=O)N[C@H](C)C23CC4CC(CC(C4)C2)C3)c1C. The maximum absolute atomic E-state index is 14.4. The van der Waals surface area contributed by atoms with Crippen molar-refractivity contribution < 1.29 is 13.2 Å². The van der Waals surface area contributed by atoms with Crippen molar-refractivity contribution in [2.45, 2.75) is 103 Å². The minimum absolute atomic E-state index is 0.0508. The van der Waals surface area contributed by atoms with Crippen LogP contribution >= 0.6 is 0 Å². The highest BCUT2D eigenvalue weighted by molar-refractivity contribution is 7.89. The van der Waals surface area contributed by atoms with Gasteiger partial charge in [-0.15, -0.1) is 0 Å². The predicted octanol–water partition coefficient (Wildman–Crippen LogP) is 5.76. The zero-order valence-corrected chi connectivity index (χ0v) is 24.3. The number of nitrogens with one attached hydrogen (secondary N) is 1. The average molecular weight is 535 g/mol. The van der Waals surface area contributed by atoms with Gasteiger partial charge in [-0.3, -0.25) is 4.79 Å². The Morgan fingerprint density at radius 1 is 0.921 bits per heavy atom. The van der Waals surface area contributed by atoms with E-state index in [-0.39, 0.29) is 23.9 Å². The molecule has 4 bridgehead atoms. The molecule has 2 aromatic carbocycles. The molecule has 0 aromatic heterocycles. The van der Waals surface area contributed by atoms with Gasteiger partial charge in [-0.2, -0.15) is 4.31 Å². The van der Waals surface area contributed by atoms with Crippen molar-refractivity contribution in [3.8, 4) is 0 Å². The summed E-state index contributed by atoms with van der Waals surface area (Å²) in [7, 11) is -3.91. The number of amides is 1. The number of benzene rings is 2. The summed E-state index contributed by atoms with van der Waals surface area (Å²) in [6, 6.07) is 9.30. The van der Waals surface area contributed by atoms with E-state index in [2.05, 4.69) is 12.2 Å². The van der Waals surface area contributed by atoms with Crippen molar-refractivity contribution in [1.82, 2.24) is 9.62 Å². The molecule has 4 fully saturated rings. The minimum Gasteiger partial charge on any atom is -0.352 e. The average Bonchev–Trinajstić information content (AvgIpc) is 2.86. The zero-order chi connectivity index (χ0) is 27.0. The van der Waals surface area contributed by atoms with E-state index in [1.165, 1.54) is 42.8 Å². The first-order chi connectivity index (χ1) is 18.0. The summed E-state index contributed by atoms with van der Waals surface area (Å²) in [5.74, 6) is 2.25. The normalized spacial score (nSPS) is 31.2. The van der Waals surface area contributed by atoms with Crippen molar-refractivity contribution in [2.75, 3.05) is 0 Å². The maximum Gasteiger partial charge on any atom is 0.244 e. The van der Waals surface area contributed by atoms with Gasteiger partial charge < -0.3 is 5.32 Å². The number of hydrogen-bond acceptors (Lipinski definition) is 3. The Hall–Kier alpha value is -2.18. The third kappa shape index (κ3) is 4.14. The molecule has 2 atom stereocenters.